The molecule has 1 aromatic carbocycles. The summed E-state index contributed by atoms with van der Waals surface area (Å²) in [5.41, 5.74) is 3.32. The molecule has 0 saturated carbocycles. The Morgan fingerprint density at radius 2 is 2.04 bits per heavy atom. The van der Waals surface area contributed by atoms with Crippen molar-refractivity contribution in [2.75, 3.05) is 17.6 Å². The van der Waals surface area contributed by atoms with Gasteiger partial charge in [0.15, 0.2) is 4.34 Å². The first-order valence-corrected chi connectivity index (χ1v) is 10.6. The van der Waals surface area contributed by atoms with Crippen LogP contribution in [0.2, 0.25) is 0 Å². The van der Waals surface area contributed by atoms with Gasteiger partial charge in [-0.25, -0.2) is 0 Å². The number of carbonyl (C=O) groups is 2. The fourth-order valence-electron chi connectivity index (χ4n) is 2.26. The molecule has 0 aliphatic heterocycles. The predicted octanol–water partition coefficient (Wildman–Crippen LogP) is 3.02. The molecule has 0 aliphatic rings. The number of benzene rings is 1. The standard InChI is InChI=1S/C18H25N5O2S2/c1-5-8-19-16(25)13(4)20-15(24)10-26-18-23-22-17(27-18)21-14-7-6-11(2)9-12(14)3/h6-7,9,13H,5,8,10H2,1-4H3,(H,19,25)(H,20,24)(H,21,22)/t13-/m0/s1. The zero-order chi connectivity index (χ0) is 19.8. The lowest BCUT2D eigenvalue weighted by Gasteiger charge is -2.13. The van der Waals surface area contributed by atoms with Crippen molar-refractivity contribution in [2.45, 2.75) is 44.5 Å². The van der Waals surface area contributed by atoms with E-state index in [1.807, 2.05) is 26.0 Å². The molecule has 2 amide bonds. The number of aryl methyl sites for hydroxylation is 2. The van der Waals surface area contributed by atoms with Crippen LogP contribution in [-0.2, 0) is 9.59 Å². The Labute approximate surface area is 167 Å². The van der Waals surface area contributed by atoms with E-state index in [1.165, 1.54) is 28.7 Å². The molecule has 1 heterocycles. The van der Waals surface area contributed by atoms with E-state index < -0.39 is 6.04 Å². The van der Waals surface area contributed by atoms with Crippen molar-refractivity contribution in [3.63, 3.8) is 0 Å². The number of nitrogens with one attached hydrogen (secondary N) is 3. The zero-order valence-corrected chi connectivity index (χ0v) is 17.6. The minimum atomic E-state index is -0.555. The van der Waals surface area contributed by atoms with Gasteiger partial charge in [0.05, 0.1) is 5.75 Å². The fraction of sp³-hybridized carbons (Fsp3) is 0.444. The first-order chi connectivity index (χ1) is 12.9. The zero-order valence-electron chi connectivity index (χ0n) is 16.0. The molecule has 27 heavy (non-hydrogen) atoms. The average Bonchev–Trinajstić information content (AvgIpc) is 3.07. The molecule has 7 nitrogen and oxygen atoms in total. The van der Waals surface area contributed by atoms with E-state index >= 15 is 0 Å². The van der Waals surface area contributed by atoms with E-state index in [1.54, 1.807) is 6.92 Å². The largest absolute Gasteiger partial charge is 0.354 e. The van der Waals surface area contributed by atoms with Gasteiger partial charge in [-0.2, -0.15) is 0 Å². The van der Waals surface area contributed by atoms with Crippen molar-refractivity contribution in [1.29, 1.82) is 0 Å². The molecule has 2 aromatic rings. The van der Waals surface area contributed by atoms with Crippen LogP contribution < -0.4 is 16.0 Å². The number of anilines is 2. The molecule has 2 rings (SSSR count). The molecule has 0 spiro atoms. The summed E-state index contributed by atoms with van der Waals surface area (Å²) in [4.78, 5) is 23.8. The number of hydrogen-bond acceptors (Lipinski definition) is 7. The SMILES string of the molecule is CCCNC(=O)[C@H](C)NC(=O)CSc1nnc(Nc2ccc(C)cc2C)s1. The van der Waals surface area contributed by atoms with Gasteiger partial charge in [0.25, 0.3) is 0 Å². The van der Waals surface area contributed by atoms with Crippen LogP contribution in [0.15, 0.2) is 22.5 Å². The molecule has 9 heteroatoms. The summed E-state index contributed by atoms with van der Waals surface area (Å²) in [6.45, 7) is 8.34. The third kappa shape index (κ3) is 6.84. The molecule has 0 radical (unpaired) electrons. The van der Waals surface area contributed by atoms with E-state index in [0.717, 1.165) is 17.7 Å². The van der Waals surface area contributed by atoms with Gasteiger partial charge in [-0.1, -0.05) is 47.7 Å². The maximum atomic E-state index is 12.0. The molecule has 0 saturated heterocycles. The summed E-state index contributed by atoms with van der Waals surface area (Å²) in [6, 6.07) is 5.59. The lowest BCUT2D eigenvalue weighted by Crippen LogP contribution is -2.45. The Hall–Kier alpha value is -2.13. The lowest BCUT2D eigenvalue weighted by atomic mass is 10.1. The van der Waals surface area contributed by atoms with Gasteiger partial charge in [-0.3, -0.25) is 9.59 Å². The number of rotatable bonds is 9. The number of aromatic nitrogens is 2. The van der Waals surface area contributed by atoms with Crippen LogP contribution >= 0.6 is 23.1 Å². The monoisotopic (exact) mass is 407 g/mol. The highest BCUT2D eigenvalue weighted by atomic mass is 32.2. The Morgan fingerprint density at radius 3 is 2.74 bits per heavy atom. The van der Waals surface area contributed by atoms with E-state index in [-0.39, 0.29) is 17.6 Å². The number of thioether (sulfide) groups is 1. The topological polar surface area (TPSA) is 96.0 Å². The highest BCUT2D eigenvalue weighted by Gasteiger charge is 2.16. The van der Waals surface area contributed by atoms with Gasteiger partial charge in [0.2, 0.25) is 16.9 Å². The van der Waals surface area contributed by atoms with Gasteiger partial charge in [-0.15, -0.1) is 10.2 Å². The number of nitrogens with zero attached hydrogens (tertiary/aromatic N) is 2. The van der Waals surface area contributed by atoms with Crippen LogP contribution in [0.5, 0.6) is 0 Å². The first kappa shape index (κ1) is 21.2. The first-order valence-electron chi connectivity index (χ1n) is 8.76. The number of hydrogen-bond donors (Lipinski definition) is 3. The summed E-state index contributed by atoms with van der Waals surface area (Å²) in [7, 11) is 0. The molecular weight excluding hydrogens is 382 g/mol. The quantitative estimate of drug-likeness (QED) is 0.553. The Morgan fingerprint density at radius 1 is 1.26 bits per heavy atom. The van der Waals surface area contributed by atoms with Crippen molar-refractivity contribution in [3.05, 3.63) is 29.3 Å². The minimum absolute atomic E-state index is 0.175. The number of carbonyl (C=O) groups excluding carboxylic acids is 2. The highest BCUT2D eigenvalue weighted by Crippen LogP contribution is 2.28. The van der Waals surface area contributed by atoms with E-state index in [9.17, 15) is 9.59 Å². The van der Waals surface area contributed by atoms with Gasteiger partial charge in [-0.05, 0) is 38.8 Å². The van der Waals surface area contributed by atoms with Crippen molar-refractivity contribution in [3.8, 4) is 0 Å². The van der Waals surface area contributed by atoms with Crippen LogP contribution in [0.25, 0.3) is 0 Å². The summed E-state index contributed by atoms with van der Waals surface area (Å²) < 4.78 is 0.695. The molecule has 3 N–H and O–H groups in total. The molecule has 0 fully saturated rings. The fourth-order valence-corrected chi connectivity index (χ4v) is 3.84. The third-order valence-corrected chi connectivity index (χ3v) is 5.65. The second-order valence-corrected chi connectivity index (χ2v) is 8.39. The van der Waals surface area contributed by atoms with Crippen LogP contribution in [0.4, 0.5) is 10.8 Å². The Balaban J connectivity index is 1.81. The van der Waals surface area contributed by atoms with Gasteiger partial charge >= 0.3 is 0 Å². The molecule has 146 valence electrons. The van der Waals surface area contributed by atoms with Crippen molar-refractivity contribution < 1.29 is 9.59 Å². The van der Waals surface area contributed by atoms with Gasteiger partial charge < -0.3 is 16.0 Å². The summed E-state index contributed by atoms with van der Waals surface area (Å²) in [5, 5.41) is 17.6. The Kier molecular flexibility index (Phi) is 8.05. The average molecular weight is 408 g/mol. The second-order valence-electron chi connectivity index (χ2n) is 6.19. The molecule has 0 unspecified atom stereocenters. The van der Waals surface area contributed by atoms with Gasteiger partial charge in [0.1, 0.15) is 6.04 Å². The van der Waals surface area contributed by atoms with Crippen LogP contribution in [-0.4, -0.2) is 40.4 Å². The van der Waals surface area contributed by atoms with Crippen molar-refractivity contribution in [2.24, 2.45) is 0 Å². The smallest absolute Gasteiger partial charge is 0.242 e. The number of amides is 2. The molecule has 0 bridgehead atoms. The second kappa shape index (κ2) is 10.3. The summed E-state index contributed by atoms with van der Waals surface area (Å²) in [5.74, 6) is -0.201. The molecular formula is C18H25N5O2S2. The summed E-state index contributed by atoms with van der Waals surface area (Å²) in [6.07, 6.45) is 0.859. The van der Waals surface area contributed by atoms with E-state index in [2.05, 4.69) is 39.1 Å². The van der Waals surface area contributed by atoms with Crippen molar-refractivity contribution >= 4 is 45.7 Å². The van der Waals surface area contributed by atoms with Crippen LogP contribution in [0.3, 0.4) is 0 Å². The van der Waals surface area contributed by atoms with Crippen LogP contribution in [0, 0.1) is 13.8 Å². The van der Waals surface area contributed by atoms with Crippen molar-refractivity contribution in [1.82, 2.24) is 20.8 Å². The minimum Gasteiger partial charge on any atom is -0.354 e. The van der Waals surface area contributed by atoms with E-state index in [4.69, 9.17) is 0 Å². The molecule has 1 atom stereocenters. The predicted molar refractivity (Wildman–Crippen MR) is 111 cm³/mol. The molecule has 0 aliphatic carbocycles. The third-order valence-electron chi connectivity index (χ3n) is 3.68. The molecule has 1 aromatic heterocycles. The van der Waals surface area contributed by atoms with Crippen LogP contribution in [0.1, 0.15) is 31.4 Å². The van der Waals surface area contributed by atoms with Gasteiger partial charge in [0, 0.05) is 12.2 Å². The summed E-state index contributed by atoms with van der Waals surface area (Å²) >= 11 is 2.69. The maximum Gasteiger partial charge on any atom is 0.242 e. The van der Waals surface area contributed by atoms with E-state index in [0.29, 0.717) is 16.0 Å². The lowest BCUT2D eigenvalue weighted by molar-refractivity contribution is -0.127. The normalized spacial score (nSPS) is 11.7. The highest BCUT2D eigenvalue weighted by molar-refractivity contribution is 8.01. The maximum absolute atomic E-state index is 12.0. The Bertz CT molecular complexity index is 794.